The predicted molar refractivity (Wildman–Crippen MR) is 93.0 cm³/mol. The fraction of sp³-hybridized carbons (Fsp3) is 0.632. The lowest BCUT2D eigenvalue weighted by Gasteiger charge is -2.36. The van der Waals surface area contributed by atoms with E-state index in [1.165, 1.54) is 12.5 Å². The second-order valence-corrected chi connectivity index (χ2v) is 7.58. The molecule has 1 fully saturated rings. The van der Waals surface area contributed by atoms with E-state index in [1.54, 1.807) is 12.1 Å². The second-order valence-electron chi connectivity index (χ2n) is 7.17. The summed E-state index contributed by atoms with van der Waals surface area (Å²) in [6, 6.07) is 4.68. The molecule has 1 aromatic carbocycles. The number of carbonyl (C=O) groups excluding carboxylic acids is 1. The van der Waals surface area contributed by atoms with Crippen LogP contribution in [0.4, 0.5) is 4.39 Å². The maximum atomic E-state index is 13.8. The molecule has 1 saturated carbocycles. The van der Waals surface area contributed by atoms with Gasteiger partial charge >= 0.3 is 0 Å². The highest BCUT2D eigenvalue weighted by atomic mass is 35.5. The SMILES string of the molecule is CC(C)[C@@H]1CC[C@@H](C)C[C@H]1C(=O)NCCc1c(F)cccc1Cl. The summed E-state index contributed by atoms with van der Waals surface area (Å²) in [7, 11) is 0. The van der Waals surface area contributed by atoms with Crippen molar-refractivity contribution in [1.29, 1.82) is 0 Å². The Balaban J connectivity index is 1.93. The molecular formula is C19H27ClFNO. The first-order valence-electron chi connectivity index (χ1n) is 8.60. The number of benzene rings is 1. The van der Waals surface area contributed by atoms with E-state index in [0.29, 0.717) is 41.3 Å². The number of hydrogen-bond acceptors (Lipinski definition) is 1. The quantitative estimate of drug-likeness (QED) is 0.816. The standard InChI is InChI=1S/C19H27ClFNO/c1-12(2)14-8-7-13(3)11-16(14)19(23)22-10-9-15-17(20)5-4-6-18(15)21/h4-6,12-14,16H,7-11H2,1-3H3,(H,22,23)/t13-,14+,16-/m1/s1. The molecular weight excluding hydrogens is 313 g/mol. The third-order valence-corrected chi connectivity index (χ3v) is 5.45. The molecule has 1 N–H and O–H groups in total. The summed E-state index contributed by atoms with van der Waals surface area (Å²) in [6.45, 7) is 7.03. The normalized spacial score (nSPS) is 24.7. The van der Waals surface area contributed by atoms with Crippen LogP contribution in [-0.2, 0) is 11.2 Å². The fourth-order valence-corrected chi connectivity index (χ4v) is 3.97. The largest absolute Gasteiger partial charge is 0.356 e. The molecule has 0 saturated heterocycles. The van der Waals surface area contributed by atoms with Crippen molar-refractivity contribution in [3.63, 3.8) is 0 Å². The van der Waals surface area contributed by atoms with Crippen molar-refractivity contribution in [2.24, 2.45) is 23.7 Å². The van der Waals surface area contributed by atoms with Crippen molar-refractivity contribution in [1.82, 2.24) is 5.32 Å². The van der Waals surface area contributed by atoms with Gasteiger partial charge in [0.05, 0.1) is 0 Å². The lowest BCUT2D eigenvalue weighted by atomic mass is 9.70. The van der Waals surface area contributed by atoms with E-state index in [2.05, 4.69) is 26.1 Å². The van der Waals surface area contributed by atoms with Gasteiger partial charge in [0.1, 0.15) is 5.82 Å². The summed E-state index contributed by atoms with van der Waals surface area (Å²) in [5.74, 6) is 1.44. The maximum absolute atomic E-state index is 13.8. The maximum Gasteiger partial charge on any atom is 0.223 e. The number of carbonyl (C=O) groups is 1. The zero-order chi connectivity index (χ0) is 17.0. The molecule has 0 bridgehead atoms. The topological polar surface area (TPSA) is 29.1 Å². The lowest BCUT2D eigenvalue weighted by Crippen LogP contribution is -2.40. The van der Waals surface area contributed by atoms with Gasteiger partial charge in [-0.15, -0.1) is 0 Å². The zero-order valence-corrected chi connectivity index (χ0v) is 15.0. The van der Waals surface area contributed by atoms with E-state index < -0.39 is 0 Å². The number of amides is 1. The predicted octanol–water partition coefficient (Wildman–Crippen LogP) is 4.85. The van der Waals surface area contributed by atoms with Crippen LogP contribution in [0.2, 0.25) is 5.02 Å². The van der Waals surface area contributed by atoms with E-state index in [9.17, 15) is 9.18 Å². The van der Waals surface area contributed by atoms with E-state index in [1.807, 2.05) is 0 Å². The van der Waals surface area contributed by atoms with Crippen molar-refractivity contribution in [3.8, 4) is 0 Å². The van der Waals surface area contributed by atoms with Crippen molar-refractivity contribution in [2.45, 2.75) is 46.5 Å². The Morgan fingerprint density at radius 3 is 2.78 bits per heavy atom. The molecule has 0 heterocycles. The first-order valence-corrected chi connectivity index (χ1v) is 8.98. The minimum Gasteiger partial charge on any atom is -0.356 e. The highest BCUT2D eigenvalue weighted by molar-refractivity contribution is 6.31. The van der Waals surface area contributed by atoms with Gasteiger partial charge in [0, 0.05) is 23.0 Å². The van der Waals surface area contributed by atoms with Crippen LogP contribution in [0.25, 0.3) is 0 Å². The molecule has 0 unspecified atom stereocenters. The van der Waals surface area contributed by atoms with Crippen LogP contribution in [0.15, 0.2) is 18.2 Å². The summed E-state index contributed by atoms with van der Waals surface area (Å²) < 4.78 is 13.8. The first kappa shape index (κ1) is 18.3. The molecule has 4 heteroatoms. The van der Waals surface area contributed by atoms with Gasteiger partial charge in [-0.1, -0.05) is 44.9 Å². The van der Waals surface area contributed by atoms with Crippen molar-refractivity contribution >= 4 is 17.5 Å². The molecule has 1 aliphatic rings. The van der Waals surface area contributed by atoms with Gasteiger partial charge in [-0.25, -0.2) is 4.39 Å². The Hall–Kier alpha value is -1.09. The van der Waals surface area contributed by atoms with Gasteiger partial charge in [0.2, 0.25) is 5.91 Å². The molecule has 1 aromatic rings. The Labute approximate surface area is 143 Å². The third-order valence-electron chi connectivity index (χ3n) is 5.09. The van der Waals surface area contributed by atoms with E-state index in [-0.39, 0.29) is 17.6 Å². The number of nitrogens with one attached hydrogen (secondary N) is 1. The molecule has 1 amide bonds. The monoisotopic (exact) mass is 339 g/mol. The van der Waals surface area contributed by atoms with Crippen molar-refractivity contribution in [3.05, 3.63) is 34.6 Å². The minimum absolute atomic E-state index is 0.0786. The Morgan fingerprint density at radius 1 is 1.39 bits per heavy atom. The molecule has 128 valence electrons. The molecule has 0 aromatic heterocycles. The van der Waals surface area contributed by atoms with E-state index in [0.717, 1.165) is 12.8 Å². The average molecular weight is 340 g/mol. The van der Waals surface area contributed by atoms with Gasteiger partial charge in [0.15, 0.2) is 0 Å². The van der Waals surface area contributed by atoms with Gasteiger partial charge in [-0.05, 0) is 49.1 Å². The molecule has 0 spiro atoms. The second kappa shape index (κ2) is 8.14. The average Bonchev–Trinajstić information content (AvgIpc) is 2.49. The van der Waals surface area contributed by atoms with Crippen molar-refractivity contribution < 1.29 is 9.18 Å². The molecule has 23 heavy (non-hydrogen) atoms. The van der Waals surface area contributed by atoms with Crippen LogP contribution in [-0.4, -0.2) is 12.5 Å². The molecule has 0 radical (unpaired) electrons. The Bertz CT molecular complexity index is 526. The summed E-state index contributed by atoms with van der Waals surface area (Å²) in [6.07, 6.45) is 3.70. The van der Waals surface area contributed by atoms with Gasteiger partial charge < -0.3 is 5.32 Å². The van der Waals surface area contributed by atoms with Gasteiger partial charge in [-0.2, -0.15) is 0 Å². The Morgan fingerprint density at radius 2 is 2.13 bits per heavy atom. The minimum atomic E-state index is -0.307. The third kappa shape index (κ3) is 4.69. The molecule has 3 atom stereocenters. The molecule has 0 aliphatic heterocycles. The highest BCUT2D eigenvalue weighted by Crippen LogP contribution is 2.38. The fourth-order valence-electron chi connectivity index (χ4n) is 3.72. The number of hydrogen-bond donors (Lipinski definition) is 1. The van der Waals surface area contributed by atoms with Crippen LogP contribution in [0.5, 0.6) is 0 Å². The van der Waals surface area contributed by atoms with Crippen LogP contribution in [0, 0.1) is 29.5 Å². The van der Waals surface area contributed by atoms with Crippen molar-refractivity contribution in [2.75, 3.05) is 6.54 Å². The summed E-state index contributed by atoms with van der Waals surface area (Å²) in [5, 5.41) is 3.42. The smallest absolute Gasteiger partial charge is 0.223 e. The molecule has 1 aliphatic carbocycles. The summed E-state index contributed by atoms with van der Waals surface area (Å²) in [4.78, 5) is 12.6. The zero-order valence-electron chi connectivity index (χ0n) is 14.2. The van der Waals surface area contributed by atoms with Crippen LogP contribution < -0.4 is 5.32 Å². The molecule has 2 nitrogen and oxygen atoms in total. The lowest BCUT2D eigenvalue weighted by molar-refractivity contribution is -0.129. The van der Waals surface area contributed by atoms with Gasteiger partial charge in [-0.3, -0.25) is 4.79 Å². The number of halogens is 2. The Kier molecular flexibility index (Phi) is 6.46. The molecule has 2 rings (SSSR count). The van der Waals surface area contributed by atoms with E-state index >= 15 is 0 Å². The summed E-state index contributed by atoms with van der Waals surface area (Å²) >= 11 is 6.02. The first-order chi connectivity index (χ1) is 10.9. The highest BCUT2D eigenvalue weighted by Gasteiger charge is 2.35. The summed E-state index contributed by atoms with van der Waals surface area (Å²) in [5.41, 5.74) is 0.479. The van der Waals surface area contributed by atoms with Crippen LogP contribution in [0.1, 0.15) is 45.6 Å². The van der Waals surface area contributed by atoms with Gasteiger partial charge in [0.25, 0.3) is 0 Å². The number of rotatable bonds is 5. The van der Waals surface area contributed by atoms with E-state index in [4.69, 9.17) is 11.6 Å². The van der Waals surface area contributed by atoms with Crippen LogP contribution in [0.3, 0.4) is 0 Å². The van der Waals surface area contributed by atoms with Crippen LogP contribution >= 0.6 is 11.6 Å².